The Bertz CT molecular complexity index is 1250. The third-order valence-corrected chi connectivity index (χ3v) is 5.70. The molecule has 1 atom stereocenters. The SMILES string of the molecule is CN(C)C(=O)C(Cc1ccccc1)Oc1ccc(C(=O)Nc2nnc(-c3ccncc3)s2)cn1. The summed E-state index contributed by atoms with van der Waals surface area (Å²) in [6.07, 6.45) is 4.40. The van der Waals surface area contributed by atoms with Gasteiger partial charge in [-0.25, -0.2) is 4.98 Å². The predicted molar refractivity (Wildman–Crippen MR) is 129 cm³/mol. The number of rotatable bonds is 8. The second-order valence-corrected chi connectivity index (χ2v) is 8.49. The number of aromatic nitrogens is 4. The molecular formula is C24H22N6O3S. The van der Waals surface area contributed by atoms with Gasteiger partial charge in [0.1, 0.15) is 5.01 Å². The fourth-order valence-corrected chi connectivity index (χ4v) is 3.82. The first-order valence-electron chi connectivity index (χ1n) is 10.4. The lowest BCUT2D eigenvalue weighted by molar-refractivity contribution is -0.136. The van der Waals surface area contributed by atoms with Crippen molar-refractivity contribution in [2.45, 2.75) is 12.5 Å². The van der Waals surface area contributed by atoms with Gasteiger partial charge < -0.3 is 9.64 Å². The average molecular weight is 475 g/mol. The number of hydrogen-bond donors (Lipinski definition) is 1. The van der Waals surface area contributed by atoms with E-state index in [-0.39, 0.29) is 17.7 Å². The van der Waals surface area contributed by atoms with Crippen LogP contribution in [0.2, 0.25) is 0 Å². The van der Waals surface area contributed by atoms with Crippen molar-refractivity contribution < 1.29 is 14.3 Å². The van der Waals surface area contributed by atoms with E-state index in [1.807, 2.05) is 42.5 Å². The summed E-state index contributed by atoms with van der Waals surface area (Å²) in [5, 5.41) is 11.9. The number of ether oxygens (including phenoxy) is 1. The molecule has 0 bridgehead atoms. The van der Waals surface area contributed by atoms with Crippen molar-refractivity contribution >= 4 is 28.3 Å². The largest absolute Gasteiger partial charge is 0.464 e. The summed E-state index contributed by atoms with van der Waals surface area (Å²) in [5.74, 6) is -0.293. The van der Waals surface area contributed by atoms with Crippen molar-refractivity contribution in [2.75, 3.05) is 19.4 Å². The molecule has 0 saturated carbocycles. The molecule has 0 aliphatic heterocycles. The molecule has 3 aromatic heterocycles. The van der Waals surface area contributed by atoms with E-state index in [2.05, 4.69) is 25.5 Å². The first-order chi connectivity index (χ1) is 16.5. The molecule has 1 N–H and O–H groups in total. The van der Waals surface area contributed by atoms with Crippen molar-refractivity contribution in [3.05, 3.63) is 84.3 Å². The Kier molecular flexibility index (Phi) is 7.19. The Balaban J connectivity index is 1.41. The molecule has 4 rings (SSSR count). The minimum atomic E-state index is -0.738. The van der Waals surface area contributed by atoms with Gasteiger partial charge in [-0.3, -0.25) is 19.9 Å². The number of nitrogens with one attached hydrogen (secondary N) is 1. The molecule has 0 fully saturated rings. The number of carbonyl (C=O) groups excluding carboxylic acids is 2. The topological polar surface area (TPSA) is 110 Å². The first kappa shape index (κ1) is 23.0. The number of nitrogens with zero attached hydrogens (tertiary/aromatic N) is 5. The van der Waals surface area contributed by atoms with E-state index in [9.17, 15) is 9.59 Å². The summed E-state index contributed by atoms with van der Waals surface area (Å²) in [6, 6.07) is 16.4. The molecule has 2 amide bonds. The molecule has 0 saturated heterocycles. The van der Waals surface area contributed by atoms with Crippen LogP contribution in [0.3, 0.4) is 0 Å². The fraction of sp³-hybridized carbons (Fsp3) is 0.167. The number of benzene rings is 1. The lowest BCUT2D eigenvalue weighted by atomic mass is 10.1. The zero-order valence-electron chi connectivity index (χ0n) is 18.6. The molecule has 1 aromatic carbocycles. The van der Waals surface area contributed by atoms with E-state index < -0.39 is 6.10 Å². The summed E-state index contributed by atoms with van der Waals surface area (Å²) >= 11 is 1.26. The second-order valence-electron chi connectivity index (χ2n) is 7.52. The van der Waals surface area contributed by atoms with Gasteiger partial charge in [-0.15, -0.1) is 10.2 Å². The van der Waals surface area contributed by atoms with E-state index in [0.717, 1.165) is 11.1 Å². The normalized spacial score (nSPS) is 11.5. The van der Waals surface area contributed by atoms with Crippen molar-refractivity contribution in [3.8, 4) is 16.5 Å². The van der Waals surface area contributed by atoms with E-state index in [1.54, 1.807) is 38.6 Å². The Morgan fingerprint density at radius 1 is 1.03 bits per heavy atom. The van der Waals surface area contributed by atoms with Crippen LogP contribution in [0.5, 0.6) is 5.88 Å². The van der Waals surface area contributed by atoms with Crippen LogP contribution in [0.25, 0.3) is 10.6 Å². The van der Waals surface area contributed by atoms with Gasteiger partial charge in [0.05, 0.1) is 5.56 Å². The van der Waals surface area contributed by atoms with Gasteiger partial charge in [0.25, 0.3) is 11.8 Å². The third kappa shape index (κ3) is 5.78. The highest BCUT2D eigenvalue weighted by Gasteiger charge is 2.23. The molecule has 0 radical (unpaired) electrons. The number of pyridine rings is 2. The predicted octanol–water partition coefficient (Wildman–Crippen LogP) is 3.33. The van der Waals surface area contributed by atoms with Crippen molar-refractivity contribution in [2.24, 2.45) is 0 Å². The maximum atomic E-state index is 12.6. The maximum absolute atomic E-state index is 12.6. The lowest BCUT2D eigenvalue weighted by Gasteiger charge is -2.21. The van der Waals surface area contributed by atoms with Crippen LogP contribution in [0.1, 0.15) is 15.9 Å². The molecule has 0 aliphatic carbocycles. The molecule has 0 spiro atoms. The molecular weight excluding hydrogens is 452 g/mol. The van der Waals surface area contributed by atoms with E-state index in [1.165, 1.54) is 22.4 Å². The van der Waals surface area contributed by atoms with Crippen LogP contribution in [0.15, 0.2) is 73.2 Å². The standard InChI is InChI=1S/C24H22N6O3S/c1-30(2)23(32)19(14-16-6-4-3-5-7-16)33-20-9-8-18(15-26-20)21(31)27-24-29-28-22(34-24)17-10-12-25-13-11-17/h3-13,15,19H,14H2,1-2H3,(H,27,29,31). The Morgan fingerprint density at radius 3 is 2.47 bits per heavy atom. The lowest BCUT2D eigenvalue weighted by Crippen LogP contribution is -2.39. The molecule has 0 aliphatic rings. The minimum Gasteiger partial charge on any atom is -0.464 e. The molecule has 9 nitrogen and oxygen atoms in total. The van der Waals surface area contributed by atoms with E-state index in [0.29, 0.717) is 22.1 Å². The van der Waals surface area contributed by atoms with Crippen LogP contribution >= 0.6 is 11.3 Å². The van der Waals surface area contributed by atoms with E-state index >= 15 is 0 Å². The number of likely N-dealkylation sites (N-methyl/N-ethyl adjacent to an activating group) is 1. The summed E-state index contributed by atoms with van der Waals surface area (Å²) in [5.41, 5.74) is 2.17. The molecule has 4 aromatic rings. The van der Waals surface area contributed by atoms with E-state index in [4.69, 9.17) is 4.74 Å². The summed E-state index contributed by atoms with van der Waals surface area (Å²) in [6.45, 7) is 0. The highest BCUT2D eigenvalue weighted by molar-refractivity contribution is 7.18. The molecule has 10 heteroatoms. The summed E-state index contributed by atoms with van der Waals surface area (Å²) < 4.78 is 5.89. The van der Waals surface area contributed by atoms with Gasteiger partial charge in [0.2, 0.25) is 11.0 Å². The van der Waals surface area contributed by atoms with Crippen LogP contribution in [-0.4, -0.2) is 57.1 Å². The van der Waals surface area contributed by atoms with Crippen LogP contribution in [-0.2, 0) is 11.2 Å². The van der Waals surface area contributed by atoms with Crippen molar-refractivity contribution in [1.29, 1.82) is 0 Å². The van der Waals surface area contributed by atoms with Crippen molar-refractivity contribution in [1.82, 2.24) is 25.1 Å². The van der Waals surface area contributed by atoms with Crippen LogP contribution < -0.4 is 10.1 Å². The summed E-state index contributed by atoms with van der Waals surface area (Å²) in [7, 11) is 3.36. The Morgan fingerprint density at radius 2 is 1.79 bits per heavy atom. The van der Waals surface area contributed by atoms with Gasteiger partial charge in [-0.2, -0.15) is 0 Å². The van der Waals surface area contributed by atoms with Crippen LogP contribution in [0, 0.1) is 0 Å². The highest BCUT2D eigenvalue weighted by Crippen LogP contribution is 2.26. The highest BCUT2D eigenvalue weighted by atomic mass is 32.1. The third-order valence-electron chi connectivity index (χ3n) is 4.81. The average Bonchev–Trinajstić information content (AvgIpc) is 3.33. The zero-order chi connectivity index (χ0) is 23.9. The van der Waals surface area contributed by atoms with Gasteiger partial charge in [-0.1, -0.05) is 41.7 Å². The Labute approximate surface area is 200 Å². The number of anilines is 1. The maximum Gasteiger partial charge on any atom is 0.263 e. The van der Waals surface area contributed by atoms with Crippen LogP contribution in [0.4, 0.5) is 5.13 Å². The molecule has 3 heterocycles. The van der Waals surface area contributed by atoms with Gasteiger partial charge in [-0.05, 0) is 23.8 Å². The van der Waals surface area contributed by atoms with Gasteiger partial charge in [0.15, 0.2) is 6.10 Å². The number of hydrogen-bond acceptors (Lipinski definition) is 8. The quantitative estimate of drug-likeness (QED) is 0.417. The number of carbonyl (C=O) groups is 2. The van der Waals surface area contributed by atoms with Crippen molar-refractivity contribution in [3.63, 3.8) is 0 Å². The smallest absolute Gasteiger partial charge is 0.263 e. The zero-order valence-corrected chi connectivity index (χ0v) is 19.4. The Hall–Kier alpha value is -4.18. The van der Waals surface area contributed by atoms with Gasteiger partial charge >= 0.3 is 0 Å². The van der Waals surface area contributed by atoms with Gasteiger partial charge in [0, 0.05) is 50.7 Å². The fourth-order valence-electron chi connectivity index (χ4n) is 3.08. The minimum absolute atomic E-state index is 0.172. The first-order valence-corrected chi connectivity index (χ1v) is 11.2. The molecule has 1 unspecified atom stereocenters. The number of amides is 2. The second kappa shape index (κ2) is 10.6. The summed E-state index contributed by atoms with van der Waals surface area (Å²) in [4.78, 5) is 34.9. The monoisotopic (exact) mass is 474 g/mol. The molecule has 34 heavy (non-hydrogen) atoms. The molecule has 172 valence electrons.